The molecule has 16 aromatic rings. The molecule has 0 spiro atoms. The van der Waals surface area contributed by atoms with E-state index in [9.17, 15) is 17.6 Å². The van der Waals surface area contributed by atoms with E-state index in [0.29, 0.717) is 0 Å². The molecule has 8 heterocycles. The average Bonchev–Trinajstić information content (AvgIpc) is 1.66. The molecule has 8 aliphatic heterocycles. The monoisotopic (exact) mass is 2540 g/mol. The van der Waals surface area contributed by atoms with Crippen LogP contribution in [0.15, 0.2) is 342 Å². The van der Waals surface area contributed by atoms with Crippen LogP contribution in [-0.4, -0.2) is 53.5 Å². The smallest absolute Gasteiger partial charge is 0.0834 e. The van der Waals surface area contributed by atoms with Gasteiger partial charge in [0.1, 0.15) is 0 Å². The molecule has 0 bridgehead atoms. The molecule has 20 nitrogen and oxygen atoms in total. The minimum Gasteiger partial charge on any atom is -0.504 e. The fraction of sp³-hybridized carbons (Fsp3) is 0.0631. The number of hydrogen-bond acceptors (Lipinski definition) is 20. The van der Waals surface area contributed by atoms with Crippen LogP contribution in [-0.2, 0) is 79.2 Å². The van der Waals surface area contributed by atoms with Gasteiger partial charge in [0.2, 0.25) is 0 Å². The molecule has 8 aliphatic rings. The fourth-order valence-electron chi connectivity index (χ4n) is 17.1. The van der Waals surface area contributed by atoms with E-state index in [1.807, 2.05) is 170 Å². The molecule has 0 atom stereocenters. The Morgan fingerprint density at radius 2 is 0.496 bits per heavy atom. The maximum absolute atomic E-state index is 15.0. The Bertz CT molecular complexity index is 7050. The summed E-state index contributed by atoms with van der Waals surface area (Å²) in [5.74, 6) is -3.01. The number of fused-ring (bicyclic) bond motifs is 6. The minimum atomic E-state index is -0.760. The number of hydrogen-bond donors (Lipinski definition) is 0. The number of halogens is 4. The summed E-state index contributed by atoms with van der Waals surface area (Å²) >= 11 is 0. The molecule has 28 heteroatoms. The van der Waals surface area contributed by atoms with Gasteiger partial charge < -0.3 is 78.8 Å². The zero-order valence-electron chi connectivity index (χ0n) is 75.9. The summed E-state index contributed by atoms with van der Waals surface area (Å²) in [6.07, 6.45) is 5.82. The maximum Gasteiger partial charge on any atom is 0.0834 e. The summed E-state index contributed by atoms with van der Waals surface area (Å²) in [5.41, 5.74) is 25.2. The summed E-state index contributed by atoms with van der Waals surface area (Å²) in [4.78, 5) is 23.5. The van der Waals surface area contributed by atoms with Gasteiger partial charge in [-0.05, 0) is 194 Å². The fourth-order valence-corrected chi connectivity index (χ4v) is 17.1. The number of aryl methyl sites for hydroxylation is 3. The predicted molar refractivity (Wildman–Crippen MR) is 543 cm³/mol. The molecule has 0 aromatic heterocycles. The SMILES string of the molecule is CN1[CH-]N(c2[c-]c(N3[CH-]N(C)c4cc5ccccc5cc43)ccc2)c2ccccc21.Cc1cc(N2[CH-]N(C)c3cc(C)c(C)cc32)[c-]c(N2[CH-]N(C)c3cc4ccccc4cc32)c1.Fc1cc(F)c(N2C=NN(c3ccc(-c4ccccc4)cc3)[CH-]2)[c-]c1N1C=NN(c2ccc(-c3ccccc3)cc2)[CH-]1.Fc1cc(F)c(N2C=NN(c3ccccc3)[CH-]2)[c-]c1N1C=NN(c2ccccc2)[CH-]1.[Os].[Os].[Os].[Os]. The largest absolute Gasteiger partial charge is 0.504 e. The van der Waals surface area contributed by atoms with E-state index < -0.39 is 23.3 Å². The Morgan fingerprint density at radius 1 is 0.230 bits per heavy atom. The molecule has 0 unspecified atom stereocenters. The first-order chi connectivity index (χ1) is 65.9. The van der Waals surface area contributed by atoms with Crippen LogP contribution in [0.5, 0.6) is 0 Å². The Labute approximate surface area is 859 Å². The van der Waals surface area contributed by atoms with Crippen LogP contribution in [0, 0.1) is 122 Å². The molecule has 0 fully saturated rings. The third-order valence-electron chi connectivity index (χ3n) is 24.2. The first-order valence-electron chi connectivity index (χ1n) is 43.8. The van der Waals surface area contributed by atoms with E-state index in [4.69, 9.17) is 0 Å². The van der Waals surface area contributed by atoms with Gasteiger partial charge >= 0.3 is 0 Å². The summed E-state index contributed by atoms with van der Waals surface area (Å²) in [7, 11) is 8.38. The van der Waals surface area contributed by atoms with Gasteiger partial charge in [-0.1, -0.05) is 224 Å². The van der Waals surface area contributed by atoms with Gasteiger partial charge in [0, 0.05) is 171 Å². The molecule has 0 amide bonds. The van der Waals surface area contributed by atoms with E-state index in [-0.39, 0.29) is 102 Å². The van der Waals surface area contributed by atoms with Gasteiger partial charge in [-0.2, -0.15) is 58.7 Å². The number of hydrazone groups is 4. The Balaban J connectivity index is 0.000000128. The van der Waals surface area contributed by atoms with Crippen molar-refractivity contribution < 1.29 is 96.7 Å². The summed E-state index contributed by atoms with van der Waals surface area (Å²) < 4.78 is 59.1. The molecular weight excluding hydrogens is 2450 g/mol. The van der Waals surface area contributed by atoms with E-state index in [1.54, 1.807) is 46.7 Å². The summed E-state index contributed by atoms with van der Waals surface area (Å²) in [6.45, 7) is 21.5. The van der Waals surface area contributed by atoms with Crippen LogP contribution < -0.4 is 78.8 Å². The minimum absolute atomic E-state index is 0. The number of para-hydroxylation sites is 4. The molecular formula is C111H86F4N20Os4-12. The second kappa shape index (κ2) is 41.6. The number of nitrogens with zero attached hydrogens (tertiary/aromatic N) is 20. The molecule has 0 N–H and O–H groups in total. The Kier molecular flexibility index (Phi) is 28.9. The second-order valence-corrected chi connectivity index (χ2v) is 33.2. The quantitative estimate of drug-likeness (QED) is 0.0762. The normalized spacial score (nSPS) is 14.5. The first kappa shape index (κ1) is 96.5. The van der Waals surface area contributed by atoms with Crippen LogP contribution in [0.25, 0.3) is 43.8 Å². The van der Waals surface area contributed by atoms with Crippen molar-refractivity contribution in [2.75, 3.05) is 107 Å². The molecule has 0 radical (unpaired) electrons. The van der Waals surface area contributed by atoms with Gasteiger partial charge in [0.05, 0.1) is 25.4 Å². The average molecular weight is 2540 g/mol. The van der Waals surface area contributed by atoms with E-state index in [2.05, 4.69) is 299 Å². The van der Waals surface area contributed by atoms with Gasteiger partial charge in [-0.3, -0.25) is 17.6 Å². The van der Waals surface area contributed by atoms with Crippen molar-refractivity contribution in [3.63, 3.8) is 0 Å². The predicted octanol–water partition coefficient (Wildman–Crippen LogP) is 25.4. The van der Waals surface area contributed by atoms with Gasteiger partial charge in [0.25, 0.3) is 0 Å². The molecule has 0 aliphatic carbocycles. The maximum atomic E-state index is 15.0. The number of benzene rings is 16. The van der Waals surface area contributed by atoms with Crippen molar-refractivity contribution >= 4 is 161 Å². The van der Waals surface area contributed by atoms with Crippen LogP contribution in [0.1, 0.15) is 16.7 Å². The van der Waals surface area contributed by atoms with Crippen LogP contribution in [0.2, 0.25) is 0 Å². The molecule has 16 aromatic carbocycles. The molecule has 0 saturated heterocycles. The van der Waals surface area contributed by atoms with E-state index >= 15 is 0 Å². The van der Waals surface area contributed by atoms with Crippen molar-refractivity contribution in [1.82, 2.24) is 0 Å². The van der Waals surface area contributed by atoms with Crippen LogP contribution in [0.3, 0.4) is 0 Å². The van der Waals surface area contributed by atoms with Crippen molar-refractivity contribution in [1.29, 1.82) is 0 Å². The molecule has 702 valence electrons. The van der Waals surface area contributed by atoms with Crippen molar-refractivity contribution in [2.24, 2.45) is 20.4 Å². The first-order valence-corrected chi connectivity index (χ1v) is 43.8. The standard InChI is InChI=1S/C34H23F2N6.C29H27N4.C26H21N4.C22H15F2N6.4Os/c35-31-19-32(36)34(40-22-38-42(24-40)30-17-13-28(14-18-30)26-9-5-2-6-10-26)20-33(31)39-21-37-41(23-39)29-15-11-27(12-16-29)25-7-3-1-4-8-25;1-19-10-24(32-17-30(4)26-12-20(2)21(3)13-28(26)32)16-25(11-19)33-18-31(5)27-14-22-8-6-7-9-23(22)15-29(27)33;1-27-17-29(24-13-6-5-12-23(24)27)21-10-7-11-22(16-21)30-18-28(2)25-14-19-8-3-4-9-20(19)15-26(25)30;23-19-11-20(24)22(28-14-26-30(16-28)18-9-5-2-6-10-18)12-21(19)27-13-25-29(15-27)17-7-3-1-4-8-17;;;;/h1-19,21-24H;6-15,17-18H,1-5H3;3-15,17-18H,1-2H3;1-11,13-16H;;;;/q4*-3;;;;. The zero-order valence-corrected chi connectivity index (χ0v) is 86.1. The van der Waals surface area contributed by atoms with E-state index in [1.165, 1.54) is 129 Å². The van der Waals surface area contributed by atoms with Crippen molar-refractivity contribution in [3.05, 3.63) is 439 Å². The Hall–Kier alpha value is -14.2. The summed E-state index contributed by atoms with van der Waals surface area (Å²) in [6, 6.07) is 119. The topological polar surface area (TPSA) is 101 Å². The van der Waals surface area contributed by atoms with Gasteiger partial charge in [-0.25, -0.2) is 0 Å². The number of rotatable bonds is 14. The third kappa shape index (κ3) is 19.8. The third-order valence-corrected chi connectivity index (χ3v) is 24.2. The Morgan fingerprint density at radius 3 is 0.863 bits per heavy atom. The van der Waals surface area contributed by atoms with Gasteiger partial charge in [-0.15, -0.1) is 98.0 Å². The van der Waals surface area contributed by atoms with E-state index in [0.717, 1.165) is 79.9 Å². The van der Waals surface area contributed by atoms with Crippen LogP contribution in [0.4, 0.5) is 131 Å². The molecule has 139 heavy (non-hydrogen) atoms. The molecule has 24 rings (SSSR count). The van der Waals surface area contributed by atoms with Gasteiger partial charge in [0.15, 0.2) is 0 Å². The summed E-state index contributed by atoms with van der Waals surface area (Å²) in [5, 5.41) is 28.7. The van der Waals surface area contributed by atoms with Crippen LogP contribution >= 0.6 is 0 Å². The number of anilines is 20. The van der Waals surface area contributed by atoms with Crippen molar-refractivity contribution in [3.8, 4) is 22.3 Å². The van der Waals surface area contributed by atoms with Crippen molar-refractivity contribution in [2.45, 2.75) is 20.8 Å². The second-order valence-electron chi connectivity index (χ2n) is 33.2. The molecule has 0 saturated carbocycles. The zero-order chi connectivity index (χ0) is 92.1.